The molecule has 5 heteroatoms. The van der Waals surface area contributed by atoms with E-state index in [1.165, 1.54) is 37.3 Å². The van der Waals surface area contributed by atoms with E-state index in [0.717, 1.165) is 32.0 Å². The normalized spacial score (nSPS) is 27.2. The Bertz CT molecular complexity index is 560. The third-order valence-electron chi connectivity index (χ3n) is 5.44. The van der Waals surface area contributed by atoms with Gasteiger partial charge in [-0.15, -0.1) is 0 Å². The van der Waals surface area contributed by atoms with Gasteiger partial charge < -0.3 is 10.6 Å². The Morgan fingerprint density at radius 1 is 1.16 bits per heavy atom. The summed E-state index contributed by atoms with van der Waals surface area (Å²) in [5, 5.41) is 6.96. The van der Waals surface area contributed by atoms with Crippen molar-refractivity contribution in [2.45, 2.75) is 39.3 Å². The van der Waals surface area contributed by atoms with E-state index in [4.69, 9.17) is 4.99 Å². The zero-order valence-electron chi connectivity index (χ0n) is 16.0. The minimum absolute atomic E-state index is 0.246. The zero-order valence-corrected chi connectivity index (χ0v) is 16.0. The van der Waals surface area contributed by atoms with Crippen LogP contribution in [0.3, 0.4) is 0 Å². The fourth-order valence-corrected chi connectivity index (χ4v) is 3.74. The summed E-state index contributed by atoms with van der Waals surface area (Å²) in [7, 11) is 0. The standard InChI is InChI=1S/C20H33N5/c1-4-17-6-8-18(9-7-17)16(3)23-20(21-5-2)22-14-19-15-24-10-12-25(19)13-11-24/h6-9,16,19H,4-5,10-15H2,1-3H3,(H2,21,22,23). The van der Waals surface area contributed by atoms with Crippen molar-refractivity contribution < 1.29 is 0 Å². The molecule has 1 aromatic carbocycles. The van der Waals surface area contributed by atoms with Gasteiger partial charge in [-0.25, -0.2) is 0 Å². The maximum absolute atomic E-state index is 4.88. The Hall–Kier alpha value is -1.59. The Morgan fingerprint density at radius 3 is 2.44 bits per heavy atom. The molecule has 0 saturated carbocycles. The quantitative estimate of drug-likeness (QED) is 0.611. The minimum atomic E-state index is 0.246. The highest BCUT2D eigenvalue weighted by Crippen LogP contribution is 2.16. The number of rotatable bonds is 6. The van der Waals surface area contributed by atoms with Crippen LogP contribution in [0, 0.1) is 0 Å². The molecule has 0 aromatic heterocycles. The molecular formula is C20H33N5. The molecule has 3 aliphatic heterocycles. The summed E-state index contributed by atoms with van der Waals surface area (Å²) in [6.07, 6.45) is 1.08. The first-order chi connectivity index (χ1) is 12.2. The molecule has 2 atom stereocenters. The van der Waals surface area contributed by atoms with Gasteiger partial charge in [0, 0.05) is 45.3 Å². The van der Waals surface area contributed by atoms with Gasteiger partial charge in [-0.1, -0.05) is 31.2 Å². The molecular weight excluding hydrogens is 310 g/mol. The van der Waals surface area contributed by atoms with Crippen LogP contribution in [0.4, 0.5) is 0 Å². The van der Waals surface area contributed by atoms with Crippen molar-refractivity contribution in [1.82, 2.24) is 20.4 Å². The molecule has 0 radical (unpaired) electrons. The van der Waals surface area contributed by atoms with E-state index < -0.39 is 0 Å². The highest BCUT2D eigenvalue weighted by atomic mass is 15.3. The third kappa shape index (κ3) is 4.73. The molecule has 138 valence electrons. The summed E-state index contributed by atoms with van der Waals surface area (Å²) >= 11 is 0. The van der Waals surface area contributed by atoms with Crippen LogP contribution in [0.15, 0.2) is 29.3 Å². The number of benzene rings is 1. The van der Waals surface area contributed by atoms with Crippen LogP contribution in [-0.2, 0) is 6.42 Å². The second-order valence-electron chi connectivity index (χ2n) is 7.17. The van der Waals surface area contributed by atoms with Gasteiger partial charge >= 0.3 is 0 Å². The molecule has 1 aromatic rings. The van der Waals surface area contributed by atoms with E-state index in [1.807, 2.05) is 0 Å². The fraction of sp³-hybridized carbons (Fsp3) is 0.650. The van der Waals surface area contributed by atoms with Crippen LogP contribution in [0.25, 0.3) is 0 Å². The molecule has 3 fully saturated rings. The van der Waals surface area contributed by atoms with E-state index in [-0.39, 0.29) is 6.04 Å². The van der Waals surface area contributed by atoms with Crippen LogP contribution >= 0.6 is 0 Å². The molecule has 25 heavy (non-hydrogen) atoms. The van der Waals surface area contributed by atoms with E-state index in [0.29, 0.717) is 6.04 Å². The average Bonchev–Trinajstić information content (AvgIpc) is 2.67. The van der Waals surface area contributed by atoms with Crippen LogP contribution in [0.2, 0.25) is 0 Å². The molecule has 3 saturated heterocycles. The first-order valence-corrected chi connectivity index (χ1v) is 9.79. The molecule has 4 rings (SSSR count). The molecule has 3 heterocycles. The third-order valence-corrected chi connectivity index (χ3v) is 5.44. The SMILES string of the molecule is CCNC(=NCC1CN2CCN1CC2)NC(C)c1ccc(CC)cc1. The smallest absolute Gasteiger partial charge is 0.191 e. The number of hydrogen-bond acceptors (Lipinski definition) is 3. The Kier molecular flexibility index (Phi) is 6.32. The van der Waals surface area contributed by atoms with Gasteiger partial charge in [-0.05, 0) is 31.4 Å². The first kappa shape index (κ1) is 18.2. The summed E-state index contributed by atoms with van der Waals surface area (Å²) in [6, 6.07) is 9.70. The Labute approximate surface area is 152 Å². The van der Waals surface area contributed by atoms with E-state index in [2.05, 4.69) is 65.5 Å². The zero-order chi connectivity index (χ0) is 17.6. The lowest BCUT2D eigenvalue weighted by Crippen LogP contribution is -2.62. The number of fused-ring (bicyclic) bond motifs is 3. The number of aliphatic imine (C=N–C) groups is 1. The topological polar surface area (TPSA) is 42.9 Å². The van der Waals surface area contributed by atoms with Crippen molar-refractivity contribution in [3.8, 4) is 0 Å². The second kappa shape index (κ2) is 8.68. The van der Waals surface area contributed by atoms with Crippen LogP contribution < -0.4 is 10.6 Å². The fourth-order valence-electron chi connectivity index (χ4n) is 3.74. The number of nitrogens with zero attached hydrogens (tertiary/aromatic N) is 3. The largest absolute Gasteiger partial charge is 0.357 e. The lowest BCUT2D eigenvalue weighted by atomic mass is 10.1. The molecule has 5 nitrogen and oxygen atoms in total. The second-order valence-corrected chi connectivity index (χ2v) is 7.17. The van der Waals surface area contributed by atoms with Gasteiger partial charge in [0.15, 0.2) is 5.96 Å². The van der Waals surface area contributed by atoms with E-state index in [1.54, 1.807) is 0 Å². The van der Waals surface area contributed by atoms with Gasteiger partial charge in [-0.3, -0.25) is 14.8 Å². The number of guanidine groups is 1. The molecule has 2 bridgehead atoms. The van der Waals surface area contributed by atoms with Crippen LogP contribution in [0.5, 0.6) is 0 Å². The number of piperazine rings is 3. The monoisotopic (exact) mass is 343 g/mol. The van der Waals surface area contributed by atoms with Crippen molar-refractivity contribution in [3.05, 3.63) is 35.4 Å². The van der Waals surface area contributed by atoms with Crippen molar-refractivity contribution in [3.63, 3.8) is 0 Å². The maximum atomic E-state index is 4.88. The highest BCUT2D eigenvalue weighted by Gasteiger charge is 2.31. The number of aryl methyl sites for hydroxylation is 1. The number of hydrogen-bond donors (Lipinski definition) is 2. The van der Waals surface area contributed by atoms with Gasteiger partial charge in [0.2, 0.25) is 0 Å². The molecule has 0 spiro atoms. The summed E-state index contributed by atoms with van der Waals surface area (Å²) in [6.45, 7) is 14.3. The minimum Gasteiger partial charge on any atom is -0.357 e. The Balaban J connectivity index is 1.59. The lowest BCUT2D eigenvalue weighted by molar-refractivity contribution is 0.0174. The van der Waals surface area contributed by atoms with E-state index in [9.17, 15) is 0 Å². The summed E-state index contributed by atoms with van der Waals surface area (Å²) in [5.41, 5.74) is 2.68. The van der Waals surface area contributed by atoms with Gasteiger partial charge in [-0.2, -0.15) is 0 Å². The summed E-state index contributed by atoms with van der Waals surface area (Å²) < 4.78 is 0. The maximum Gasteiger partial charge on any atom is 0.191 e. The highest BCUT2D eigenvalue weighted by molar-refractivity contribution is 5.80. The molecule has 0 aliphatic carbocycles. The first-order valence-electron chi connectivity index (χ1n) is 9.79. The Morgan fingerprint density at radius 2 is 1.88 bits per heavy atom. The van der Waals surface area contributed by atoms with Gasteiger partial charge in [0.05, 0.1) is 12.6 Å². The molecule has 2 unspecified atom stereocenters. The van der Waals surface area contributed by atoms with Crippen molar-refractivity contribution in [1.29, 1.82) is 0 Å². The molecule has 3 aliphatic rings. The van der Waals surface area contributed by atoms with Crippen LogP contribution in [0.1, 0.15) is 37.9 Å². The van der Waals surface area contributed by atoms with Crippen molar-refractivity contribution >= 4 is 5.96 Å². The predicted molar refractivity (Wildman–Crippen MR) is 105 cm³/mol. The van der Waals surface area contributed by atoms with E-state index >= 15 is 0 Å². The lowest BCUT2D eigenvalue weighted by Gasteiger charge is -2.47. The van der Waals surface area contributed by atoms with Crippen molar-refractivity contribution in [2.24, 2.45) is 4.99 Å². The molecule has 0 amide bonds. The van der Waals surface area contributed by atoms with Crippen molar-refractivity contribution in [2.75, 3.05) is 45.8 Å². The summed E-state index contributed by atoms with van der Waals surface area (Å²) in [4.78, 5) is 10.0. The predicted octanol–water partition coefficient (Wildman–Crippen LogP) is 1.86. The van der Waals surface area contributed by atoms with Gasteiger partial charge in [0.25, 0.3) is 0 Å². The van der Waals surface area contributed by atoms with Crippen LogP contribution in [-0.4, -0.2) is 67.6 Å². The number of nitrogens with one attached hydrogen (secondary N) is 2. The molecule has 2 N–H and O–H groups in total. The average molecular weight is 344 g/mol. The van der Waals surface area contributed by atoms with Gasteiger partial charge in [0.1, 0.15) is 0 Å². The summed E-state index contributed by atoms with van der Waals surface area (Å²) in [5.74, 6) is 0.923.